The lowest BCUT2D eigenvalue weighted by atomic mass is 10.2. The van der Waals surface area contributed by atoms with E-state index in [1.807, 2.05) is 0 Å². The van der Waals surface area contributed by atoms with E-state index in [0.717, 1.165) is 38.7 Å². The van der Waals surface area contributed by atoms with Gasteiger partial charge in [0.25, 0.3) is 0 Å². The van der Waals surface area contributed by atoms with Crippen LogP contribution < -0.4 is 0 Å². The Hall–Kier alpha value is -0.320. The van der Waals surface area contributed by atoms with Crippen LogP contribution in [0.5, 0.6) is 0 Å². The summed E-state index contributed by atoms with van der Waals surface area (Å²) >= 11 is 27.5. The summed E-state index contributed by atoms with van der Waals surface area (Å²) in [5, 5.41) is 13.4. The van der Waals surface area contributed by atoms with Crippen LogP contribution in [-0.4, -0.2) is 46.5 Å². The maximum atomic E-state index is 6.09. The van der Waals surface area contributed by atoms with Crippen LogP contribution in [0.25, 0.3) is 22.1 Å². The molecule has 4 aromatic heterocycles. The summed E-state index contributed by atoms with van der Waals surface area (Å²) in [5.74, 6) is 0. The minimum atomic E-state index is -0.0909. The van der Waals surface area contributed by atoms with E-state index in [4.69, 9.17) is 51.1 Å². The molecule has 1 saturated heterocycles. The fourth-order valence-electron chi connectivity index (χ4n) is 2.87. The first-order chi connectivity index (χ1) is 14.3. The molecule has 0 spiro atoms. The molecule has 0 bridgehead atoms. The second kappa shape index (κ2) is 9.67. The van der Waals surface area contributed by atoms with Crippen molar-refractivity contribution in [2.75, 3.05) is 6.61 Å². The fraction of sp³-hybridized carbons (Fsp3) is 0.333. The van der Waals surface area contributed by atoms with Gasteiger partial charge in [-0.15, -0.1) is 0 Å². The highest BCUT2D eigenvalue weighted by Gasteiger charge is 2.23. The molecule has 1 N–H and O–H groups in total. The van der Waals surface area contributed by atoms with Crippen molar-refractivity contribution in [3.05, 3.63) is 28.3 Å². The average molecular weight is 714 g/mol. The molecule has 0 aliphatic carbocycles. The first kappa shape index (κ1) is 22.9. The summed E-state index contributed by atoms with van der Waals surface area (Å²) in [7, 11) is 0. The Labute approximate surface area is 216 Å². The third kappa shape index (κ3) is 4.71. The fourth-order valence-corrected chi connectivity index (χ4v) is 5.47. The first-order valence-corrected chi connectivity index (χ1v) is 12.1. The van der Waals surface area contributed by atoms with Crippen LogP contribution >= 0.6 is 91.6 Å². The van der Waals surface area contributed by atoms with Gasteiger partial charge in [-0.25, -0.2) is 14.6 Å². The molecule has 5 rings (SSSR count). The second-order valence-electron chi connectivity index (χ2n) is 6.06. The standard InChI is InChI=1S/C10H9Cl2IN4O.C5HCl2IN4/c11-7-6-8(13)16-17(5-3-1-2-4-18-5)9(6)15-10(12)14-7;6-2-1-3(8)11-12-4(1)10-5(7)9-2/h5H,1-4H2;(H,9,10,11,12). The molecular weight excluding hydrogens is 704 g/mol. The molecule has 0 saturated carbocycles. The van der Waals surface area contributed by atoms with E-state index in [9.17, 15) is 0 Å². The highest BCUT2D eigenvalue weighted by molar-refractivity contribution is 14.1. The molecule has 5 heterocycles. The summed E-state index contributed by atoms with van der Waals surface area (Å²) in [6, 6.07) is 0. The Morgan fingerprint density at radius 3 is 2.33 bits per heavy atom. The molecule has 1 atom stereocenters. The van der Waals surface area contributed by atoms with Crippen molar-refractivity contribution in [1.29, 1.82) is 0 Å². The lowest BCUT2D eigenvalue weighted by molar-refractivity contribution is -0.0372. The zero-order valence-electron chi connectivity index (χ0n) is 14.7. The van der Waals surface area contributed by atoms with Crippen molar-refractivity contribution < 1.29 is 4.74 Å². The minimum absolute atomic E-state index is 0.0909. The summed E-state index contributed by atoms with van der Waals surface area (Å²) < 4.78 is 9.05. The Balaban J connectivity index is 0.000000158. The number of H-pyrrole nitrogens is 1. The topological polar surface area (TPSA) is 107 Å². The van der Waals surface area contributed by atoms with E-state index in [2.05, 4.69) is 80.4 Å². The van der Waals surface area contributed by atoms with Crippen molar-refractivity contribution in [3.63, 3.8) is 0 Å². The Morgan fingerprint density at radius 2 is 1.63 bits per heavy atom. The van der Waals surface area contributed by atoms with Gasteiger partial charge < -0.3 is 4.74 Å². The van der Waals surface area contributed by atoms with Crippen molar-refractivity contribution in [1.82, 2.24) is 39.9 Å². The average Bonchev–Trinajstić information content (AvgIpc) is 3.23. The van der Waals surface area contributed by atoms with Gasteiger partial charge in [0, 0.05) is 6.61 Å². The molecule has 0 radical (unpaired) electrons. The molecule has 30 heavy (non-hydrogen) atoms. The van der Waals surface area contributed by atoms with Crippen LogP contribution in [0.15, 0.2) is 0 Å². The van der Waals surface area contributed by atoms with Crippen molar-refractivity contribution in [2.24, 2.45) is 0 Å². The molecule has 1 aliphatic rings. The number of rotatable bonds is 1. The SMILES string of the molecule is Clc1nc(Cl)c2c(I)[nH]nc2n1.Clc1nc(Cl)c2c(I)nn(C3CCCCO3)c2n1. The van der Waals surface area contributed by atoms with Gasteiger partial charge in [-0.2, -0.15) is 20.2 Å². The van der Waals surface area contributed by atoms with Gasteiger partial charge in [0.2, 0.25) is 10.6 Å². The lowest BCUT2D eigenvalue weighted by Gasteiger charge is -2.22. The minimum Gasteiger partial charge on any atom is -0.356 e. The number of nitrogens with zero attached hydrogens (tertiary/aromatic N) is 7. The largest absolute Gasteiger partial charge is 0.356 e. The van der Waals surface area contributed by atoms with Crippen molar-refractivity contribution in [2.45, 2.75) is 25.5 Å². The van der Waals surface area contributed by atoms with Crippen LogP contribution in [0.2, 0.25) is 20.9 Å². The Morgan fingerprint density at radius 1 is 0.933 bits per heavy atom. The molecule has 4 aromatic rings. The highest BCUT2D eigenvalue weighted by atomic mass is 127. The normalized spacial score (nSPS) is 16.7. The predicted octanol–water partition coefficient (Wildman–Crippen LogP) is 5.70. The molecule has 9 nitrogen and oxygen atoms in total. The van der Waals surface area contributed by atoms with E-state index in [-0.39, 0.29) is 16.8 Å². The molecule has 15 heteroatoms. The van der Waals surface area contributed by atoms with E-state index < -0.39 is 0 Å². The summed E-state index contributed by atoms with van der Waals surface area (Å²) in [5.41, 5.74) is 1.13. The van der Waals surface area contributed by atoms with Crippen molar-refractivity contribution in [3.8, 4) is 0 Å². The Kier molecular flexibility index (Phi) is 7.37. The van der Waals surface area contributed by atoms with E-state index in [1.165, 1.54) is 0 Å². The number of aromatic amines is 1. The zero-order chi connectivity index (χ0) is 21.4. The van der Waals surface area contributed by atoms with E-state index in [0.29, 0.717) is 27.0 Å². The number of ether oxygens (including phenoxy) is 1. The number of aromatic nitrogens is 8. The van der Waals surface area contributed by atoms with Crippen LogP contribution in [-0.2, 0) is 4.74 Å². The van der Waals surface area contributed by atoms with Gasteiger partial charge >= 0.3 is 0 Å². The van der Waals surface area contributed by atoms with Gasteiger partial charge in [-0.3, -0.25) is 5.10 Å². The smallest absolute Gasteiger partial charge is 0.225 e. The third-order valence-corrected chi connectivity index (χ3v) is 6.58. The summed E-state index contributed by atoms with van der Waals surface area (Å²) in [4.78, 5) is 15.8. The maximum Gasteiger partial charge on any atom is 0.225 e. The molecule has 0 aromatic carbocycles. The second-order valence-corrected chi connectivity index (χ2v) is 9.55. The molecule has 1 fully saturated rings. The Bertz CT molecular complexity index is 1230. The summed E-state index contributed by atoms with van der Waals surface area (Å²) in [6.07, 6.45) is 3.04. The predicted molar refractivity (Wildman–Crippen MR) is 131 cm³/mol. The monoisotopic (exact) mass is 712 g/mol. The van der Waals surface area contributed by atoms with E-state index >= 15 is 0 Å². The number of nitrogens with one attached hydrogen (secondary N) is 1. The molecule has 1 aliphatic heterocycles. The quantitative estimate of drug-likeness (QED) is 0.153. The molecule has 158 valence electrons. The summed E-state index contributed by atoms with van der Waals surface area (Å²) in [6.45, 7) is 0.745. The van der Waals surface area contributed by atoms with Gasteiger partial charge in [0.05, 0.1) is 10.8 Å². The van der Waals surface area contributed by atoms with Crippen LogP contribution in [0.3, 0.4) is 0 Å². The van der Waals surface area contributed by atoms with Gasteiger partial charge in [0.15, 0.2) is 17.5 Å². The number of halogens is 6. The van der Waals surface area contributed by atoms with Crippen LogP contribution in [0.1, 0.15) is 25.5 Å². The molecule has 0 amide bonds. The molecule has 1 unspecified atom stereocenters. The first-order valence-electron chi connectivity index (χ1n) is 8.46. The van der Waals surface area contributed by atoms with Gasteiger partial charge in [0.1, 0.15) is 17.7 Å². The van der Waals surface area contributed by atoms with Gasteiger partial charge in [-0.1, -0.05) is 23.2 Å². The number of hydrogen-bond acceptors (Lipinski definition) is 7. The van der Waals surface area contributed by atoms with E-state index in [1.54, 1.807) is 4.68 Å². The highest BCUT2D eigenvalue weighted by Crippen LogP contribution is 2.31. The number of hydrogen-bond donors (Lipinski definition) is 1. The number of fused-ring (bicyclic) bond motifs is 2. The third-order valence-electron chi connectivity index (χ3n) is 4.16. The maximum absolute atomic E-state index is 6.09. The lowest BCUT2D eigenvalue weighted by Crippen LogP contribution is -2.19. The van der Waals surface area contributed by atoms with Crippen molar-refractivity contribution >= 4 is 114 Å². The van der Waals surface area contributed by atoms with Crippen LogP contribution in [0, 0.1) is 7.40 Å². The van der Waals surface area contributed by atoms with Gasteiger partial charge in [-0.05, 0) is 87.6 Å². The zero-order valence-corrected chi connectivity index (χ0v) is 22.1. The molecular formula is C15H10Cl4I2N8O. The van der Waals surface area contributed by atoms with Crippen LogP contribution in [0.4, 0.5) is 0 Å².